The lowest BCUT2D eigenvalue weighted by Gasteiger charge is -2.43. The van der Waals surface area contributed by atoms with Crippen molar-refractivity contribution in [2.24, 2.45) is 0 Å². The topological polar surface area (TPSA) is 76.2 Å². The first-order valence-corrected chi connectivity index (χ1v) is 8.35. The van der Waals surface area contributed by atoms with Crippen LogP contribution in [0.5, 0.6) is 0 Å². The molecule has 0 bridgehead atoms. The molecule has 0 N–H and O–H groups in total. The number of barbiturate groups is 1. The molecule has 1 saturated heterocycles. The van der Waals surface area contributed by atoms with Gasteiger partial charge in [-0.05, 0) is 11.1 Å². The number of methoxy groups -OCH3 is 2. The van der Waals surface area contributed by atoms with Gasteiger partial charge in [-0.3, -0.25) is 9.59 Å². The summed E-state index contributed by atoms with van der Waals surface area (Å²) in [7, 11) is 2.76. The fourth-order valence-electron chi connectivity index (χ4n) is 3.34. The third kappa shape index (κ3) is 2.90. The van der Waals surface area contributed by atoms with Crippen LogP contribution in [0.4, 0.5) is 4.79 Å². The number of carbonyl (C=O) groups is 3. The molecule has 1 aliphatic heterocycles. The van der Waals surface area contributed by atoms with Gasteiger partial charge in [-0.1, -0.05) is 60.7 Å². The van der Waals surface area contributed by atoms with Crippen molar-refractivity contribution in [1.82, 2.24) is 9.80 Å². The number of urea groups is 1. The van der Waals surface area contributed by atoms with Crippen LogP contribution in [0.2, 0.25) is 0 Å². The standard InChI is InChI=1S/C20H20N2O5/c1-26-13-21-17(23)20(15-9-5-3-6-10-15,16-11-7-4-8-12-16)18(24)22(14-27-2)19(21)25/h3-12H,13-14H2,1-2H3. The molecule has 0 spiro atoms. The van der Waals surface area contributed by atoms with Gasteiger partial charge in [0.25, 0.3) is 11.8 Å². The largest absolute Gasteiger partial charge is 0.364 e. The zero-order valence-electron chi connectivity index (χ0n) is 15.1. The summed E-state index contributed by atoms with van der Waals surface area (Å²) in [5.74, 6) is -1.30. The Morgan fingerprint density at radius 2 is 1.07 bits per heavy atom. The van der Waals surface area contributed by atoms with E-state index in [0.29, 0.717) is 11.1 Å². The van der Waals surface area contributed by atoms with E-state index in [1.165, 1.54) is 14.2 Å². The van der Waals surface area contributed by atoms with Crippen LogP contribution in [-0.4, -0.2) is 55.3 Å². The molecule has 0 aliphatic carbocycles. The molecule has 7 nitrogen and oxygen atoms in total. The van der Waals surface area contributed by atoms with Gasteiger partial charge in [0.15, 0.2) is 5.41 Å². The highest BCUT2D eigenvalue weighted by Crippen LogP contribution is 2.39. The smallest absolute Gasteiger partial charge is 0.337 e. The fourth-order valence-corrected chi connectivity index (χ4v) is 3.34. The Bertz CT molecular complexity index is 768. The van der Waals surface area contributed by atoms with Crippen molar-refractivity contribution in [2.45, 2.75) is 5.41 Å². The number of carbonyl (C=O) groups excluding carboxylic acids is 3. The van der Waals surface area contributed by atoms with E-state index >= 15 is 0 Å². The molecule has 1 fully saturated rings. The van der Waals surface area contributed by atoms with Gasteiger partial charge in [-0.25, -0.2) is 14.6 Å². The maximum absolute atomic E-state index is 13.5. The predicted molar refractivity (Wildman–Crippen MR) is 96.5 cm³/mol. The molecule has 1 aliphatic rings. The second kappa shape index (κ2) is 7.69. The van der Waals surface area contributed by atoms with E-state index in [2.05, 4.69) is 0 Å². The van der Waals surface area contributed by atoms with E-state index in [0.717, 1.165) is 9.80 Å². The molecule has 0 saturated carbocycles. The summed E-state index contributed by atoms with van der Waals surface area (Å²) >= 11 is 0. The molecular formula is C20H20N2O5. The molecule has 1 heterocycles. The highest BCUT2D eigenvalue weighted by atomic mass is 16.5. The minimum absolute atomic E-state index is 0.271. The van der Waals surface area contributed by atoms with Crippen LogP contribution in [0.1, 0.15) is 11.1 Å². The molecule has 2 aromatic carbocycles. The molecule has 0 unspecified atom stereocenters. The van der Waals surface area contributed by atoms with Crippen LogP contribution in [0, 0.1) is 0 Å². The van der Waals surface area contributed by atoms with Gasteiger partial charge in [0.2, 0.25) is 0 Å². The number of benzene rings is 2. The lowest BCUT2D eigenvalue weighted by molar-refractivity contribution is -0.155. The Labute approximate surface area is 157 Å². The van der Waals surface area contributed by atoms with Crippen LogP contribution >= 0.6 is 0 Å². The lowest BCUT2D eigenvalue weighted by atomic mass is 9.71. The average molecular weight is 368 g/mol. The minimum Gasteiger partial charge on any atom is -0.364 e. The summed E-state index contributed by atoms with van der Waals surface area (Å²) in [4.78, 5) is 41.7. The van der Waals surface area contributed by atoms with Gasteiger partial charge in [-0.15, -0.1) is 0 Å². The zero-order valence-corrected chi connectivity index (χ0v) is 15.1. The Balaban J connectivity index is 2.30. The molecule has 0 radical (unpaired) electrons. The Morgan fingerprint density at radius 1 is 0.704 bits per heavy atom. The second-order valence-corrected chi connectivity index (χ2v) is 6.07. The van der Waals surface area contributed by atoms with E-state index in [1.54, 1.807) is 60.7 Å². The number of nitrogens with zero attached hydrogens (tertiary/aromatic N) is 2. The number of hydrogen-bond acceptors (Lipinski definition) is 5. The number of rotatable bonds is 6. The summed E-state index contributed by atoms with van der Waals surface area (Å²) in [5, 5.41) is 0. The van der Waals surface area contributed by atoms with Crippen LogP contribution < -0.4 is 0 Å². The molecular weight excluding hydrogens is 348 g/mol. The van der Waals surface area contributed by atoms with Crippen LogP contribution in [0.15, 0.2) is 60.7 Å². The van der Waals surface area contributed by atoms with Crippen LogP contribution in [0.25, 0.3) is 0 Å². The molecule has 0 aromatic heterocycles. The van der Waals surface area contributed by atoms with Gasteiger partial charge < -0.3 is 9.47 Å². The summed E-state index contributed by atoms with van der Waals surface area (Å²) < 4.78 is 10.1. The highest BCUT2D eigenvalue weighted by molar-refractivity contribution is 6.24. The number of amides is 4. The Morgan fingerprint density at radius 3 is 1.41 bits per heavy atom. The number of hydrogen-bond donors (Lipinski definition) is 0. The molecule has 3 rings (SSSR count). The Kier molecular flexibility index (Phi) is 5.34. The lowest BCUT2D eigenvalue weighted by Crippen LogP contribution is -2.68. The molecule has 7 heteroatoms. The maximum Gasteiger partial charge on any atom is 0.337 e. The maximum atomic E-state index is 13.5. The number of ether oxygens (including phenoxy) is 2. The number of imide groups is 2. The monoisotopic (exact) mass is 368 g/mol. The second-order valence-electron chi connectivity index (χ2n) is 6.07. The molecule has 2 aromatic rings. The van der Waals surface area contributed by atoms with Crippen LogP contribution in [0.3, 0.4) is 0 Å². The fraction of sp³-hybridized carbons (Fsp3) is 0.250. The summed E-state index contributed by atoms with van der Waals surface area (Å²) in [6.07, 6.45) is 0. The molecule has 140 valence electrons. The van der Waals surface area contributed by atoms with Gasteiger partial charge in [0, 0.05) is 14.2 Å². The van der Waals surface area contributed by atoms with Gasteiger partial charge >= 0.3 is 6.03 Å². The van der Waals surface area contributed by atoms with E-state index < -0.39 is 23.3 Å². The van der Waals surface area contributed by atoms with Gasteiger partial charge in [0.1, 0.15) is 13.5 Å². The first-order valence-electron chi connectivity index (χ1n) is 8.35. The predicted octanol–water partition coefficient (Wildman–Crippen LogP) is 1.97. The van der Waals surface area contributed by atoms with Crippen molar-refractivity contribution in [3.8, 4) is 0 Å². The first kappa shape index (κ1) is 18.8. The van der Waals surface area contributed by atoms with Gasteiger partial charge in [-0.2, -0.15) is 0 Å². The van der Waals surface area contributed by atoms with E-state index in [4.69, 9.17) is 9.47 Å². The summed E-state index contributed by atoms with van der Waals surface area (Å²) in [5.41, 5.74) is -0.755. The third-order valence-corrected chi connectivity index (χ3v) is 4.52. The van der Waals surface area contributed by atoms with Crippen LogP contribution in [-0.2, 0) is 24.5 Å². The van der Waals surface area contributed by atoms with Crippen molar-refractivity contribution in [2.75, 3.05) is 27.7 Å². The summed E-state index contributed by atoms with van der Waals surface area (Å²) in [6.45, 7) is -0.543. The normalized spacial score (nSPS) is 16.7. The van der Waals surface area contributed by atoms with Crippen molar-refractivity contribution in [3.63, 3.8) is 0 Å². The SMILES string of the molecule is COCN1C(=O)N(COC)C(=O)C(c2ccccc2)(c2ccccc2)C1=O. The summed E-state index contributed by atoms with van der Waals surface area (Å²) in [6, 6.07) is 16.6. The van der Waals surface area contributed by atoms with Crippen molar-refractivity contribution >= 4 is 17.8 Å². The van der Waals surface area contributed by atoms with Gasteiger partial charge in [0.05, 0.1) is 0 Å². The van der Waals surface area contributed by atoms with E-state index in [-0.39, 0.29) is 13.5 Å². The first-order chi connectivity index (χ1) is 13.1. The highest BCUT2D eigenvalue weighted by Gasteiger charge is 2.59. The van der Waals surface area contributed by atoms with E-state index in [1.807, 2.05) is 0 Å². The van der Waals surface area contributed by atoms with Crippen molar-refractivity contribution < 1.29 is 23.9 Å². The molecule has 27 heavy (non-hydrogen) atoms. The minimum atomic E-state index is -1.70. The van der Waals surface area contributed by atoms with E-state index in [9.17, 15) is 14.4 Å². The third-order valence-electron chi connectivity index (χ3n) is 4.52. The molecule has 4 amide bonds. The quantitative estimate of drug-likeness (QED) is 0.729. The molecule has 0 atom stereocenters. The van der Waals surface area contributed by atoms with Crippen molar-refractivity contribution in [3.05, 3.63) is 71.8 Å². The average Bonchev–Trinajstić information content (AvgIpc) is 2.71. The Hall–Kier alpha value is -3.03. The zero-order chi connectivity index (χ0) is 19.4. The van der Waals surface area contributed by atoms with Crippen molar-refractivity contribution in [1.29, 1.82) is 0 Å².